The van der Waals surface area contributed by atoms with Crippen LogP contribution in [0.1, 0.15) is 40.0 Å². The van der Waals surface area contributed by atoms with Crippen molar-refractivity contribution in [2.45, 2.75) is 46.2 Å². The predicted octanol–water partition coefficient (Wildman–Crippen LogP) is 2.85. The third-order valence-electron chi connectivity index (χ3n) is 2.57. The van der Waals surface area contributed by atoms with Crippen LogP contribution < -0.4 is 0 Å². The predicted molar refractivity (Wildman–Crippen MR) is 61.3 cm³/mol. The van der Waals surface area contributed by atoms with Gasteiger partial charge in [0.05, 0.1) is 25.0 Å². The molecule has 0 aromatic heterocycles. The molecule has 4 nitrogen and oxygen atoms in total. The molecule has 0 aromatic rings. The van der Waals surface area contributed by atoms with Crippen LogP contribution in [0.2, 0.25) is 0 Å². The van der Waals surface area contributed by atoms with Gasteiger partial charge in [-0.15, -0.1) is 0 Å². The quantitative estimate of drug-likeness (QED) is 0.675. The van der Waals surface area contributed by atoms with E-state index in [2.05, 4.69) is 4.74 Å². The molecule has 0 rings (SSSR count). The Balaban J connectivity index is 4.80. The lowest BCUT2D eigenvalue weighted by molar-refractivity contribution is -0.168. The summed E-state index contributed by atoms with van der Waals surface area (Å²) in [6.45, 7) is 4.57. The number of carbonyl (C=O) groups excluding carboxylic acids is 2. The lowest BCUT2D eigenvalue weighted by Gasteiger charge is -2.26. The summed E-state index contributed by atoms with van der Waals surface area (Å²) in [5, 5.41) is 0. The Bertz CT molecular complexity index is 315. The van der Waals surface area contributed by atoms with Gasteiger partial charge in [-0.2, -0.15) is 13.2 Å². The molecule has 7 heteroatoms. The zero-order valence-corrected chi connectivity index (χ0v) is 11.3. The van der Waals surface area contributed by atoms with Crippen molar-refractivity contribution in [1.29, 1.82) is 0 Å². The van der Waals surface area contributed by atoms with E-state index in [9.17, 15) is 22.8 Å². The largest absolute Gasteiger partial charge is 0.466 e. The molecule has 0 saturated heterocycles. The summed E-state index contributed by atoms with van der Waals surface area (Å²) >= 11 is 0. The van der Waals surface area contributed by atoms with E-state index < -0.39 is 42.8 Å². The second-order valence-electron chi connectivity index (χ2n) is 4.38. The smallest absolute Gasteiger partial charge is 0.389 e. The number of carbonyl (C=O) groups is 2. The van der Waals surface area contributed by atoms with E-state index >= 15 is 0 Å². The zero-order valence-electron chi connectivity index (χ0n) is 11.3. The van der Waals surface area contributed by atoms with E-state index in [0.29, 0.717) is 0 Å². The minimum atomic E-state index is -4.39. The van der Waals surface area contributed by atoms with Crippen molar-refractivity contribution in [3.05, 3.63) is 0 Å². The molecule has 112 valence electrons. The van der Waals surface area contributed by atoms with Crippen LogP contribution in [0.3, 0.4) is 0 Å². The van der Waals surface area contributed by atoms with Gasteiger partial charge in [-0.25, -0.2) is 0 Å². The summed E-state index contributed by atoms with van der Waals surface area (Å²) in [7, 11) is 0. The van der Waals surface area contributed by atoms with Crippen LogP contribution >= 0.6 is 0 Å². The molecular formula is C12H19F3O4. The molecule has 0 fully saturated rings. The second kappa shape index (κ2) is 7.35. The molecule has 1 unspecified atom stereocenters. The highest BCUT2D eigenvalue weighted by Gasteiger charge is 2.41. The van der Waals surface area contributed by atoms with Crippen molar-refractivity contribution < 1.29 is 32.2 Å². The molecule has 0 saturated carbocycles. The highest BCUT2D eigenvalue weighted by molar-refractivity contribution is 5.83. The monoisotopic (exact) mass is 284 g/mol. The van der Waals surface area contributed by atoms with Gasteiger partial charge in [0.2, 0.25) is 0 Å². The Morgan fingerprint density at radius 3 is 1.95 bits per heavy atom. The number of hydrogen-bond acceptors (Lipinski definition) is 4. The van der Waals surface area contributed by atoms with Crippen LogP contribution in [0, 0.1) is 5.41 Å². The number of halogens is 3. The average Bonchev–Trinajstić information content (AvgIpc) is 2.26. The van der Waals surface area contributed by atoms with Crippen molar-refractivity contribution in [3.8, 4) is 0 Å². The third kappa shape index (κ3) is 7.03. The summed E-state index contributed by atoms with van der Waals surface area (Å²) in [5.41, 5.74) is -1.52. The second-order valence-corrected chi connectivity index (χ2v) is 4.38. The Morgan fingerprint density at radius 1 is 1.00 bits per heavy atom. The van der Waals surface area contributed by atoms with Gasteiger partial charge < -0.3 is 9.47 Å². The van der Waals surface area contributed by atoms with Crippen LogP contribution in [-0.2, 0) is 19.1 Å². The molecule has 0 bridgehead atoms. The molecule has 1 atom stereocenters. The molecule has 0 aliphatic carbocycles. The first kappa shape index (κ1) is 17.7. The fraction of sp³-hybridized carbons (Fsp3) is 0.833. The molecule has 0 heterocycles. The number of esters is 2. The maximum Gasteiger partial charge on any atom is 0.389 e. The van der Waals surface area contributed by atoms with Crippen LogP contribution in [0.5, 0.6) is 0 Å². The topological polar surface area (TPSA) is 52.6 Å². The SMILES string of the molecule is CCOC(=O)CC(C)(CCC(F)(F)F)C(=O)OCC. The molecule has 0 aliphatic heterocycles. The highest BCUT2D eigenvalue weighted by atomic mass is 19.4. The van der Waals surface area contributed by atoms with Crippen LogP contribution in [0.4, 0.5) is 13.2 Å². The minimum absolute atomic E-state index is 0.0449. The van der Waals surface area contributed by atoms with Gasteiger partial charge in [0.25, 0.3) is 0 Å². The van der Waals surface area contributed by atoms with Crippen LogP contribution in [-0.4, -0.2) is 31.3 Å². The molecule has 0 aromatic carbocycles. The first-order chi connectivity index (χ1) is 8.64. The lowest BCUT2D eigenvalue weighted by atomic mass is 9.82. The molecular weight excluding hydrogens is 265 g/mol. The standard InChI is InChI=1S/C12H19F3O4/c1-4-18-9(16)8-11(3,10(17)19-5-2)6-7-12(13,14)15/h4-8H2,1-3H3. The van der Waals surface area contributed by atoms with Gasteiger partial charge in [0, 0.05) is 6.42 Å². The van der Waals surface area contributed by atoms with E-state index in [0.717, 1.165) is 0 Å². The zero-order chi connectivity index (χ0) is 15.1. The number of rotatable bonds is 7. The van der Waals surface area contributed by atoms with E-state index in [-0.39, 0.29) is 13.2 Å². The fourth-order valence-corrected chi connectivity index (χ4v) is 1.52. The molecule has 0 N–H and O–H groups in total. The summed E-state index contributed by atoms with van der Waals surface area (Å²) in [5.74, 6) is -1.52. The van der Waals surface area contributed by atoms with Gasteiger partial charge in [0.1, 0.15) is 0 Å². The van der Waals surface area contributed by atoms with E-state index in [1.807, 2.05) is 0 Å². The van der Waals surface area contributed by atoms with Crippen molar-refractivity contribution in [3.63, 3.8) is 0 Å². The molecule has 0 amide bonds. The first-order valence-electron chi connectivity index (χ1n) is 6.04. The summed E-state index contributed by atoms with van der Waals surface area (Å²) in [4.78, 5) is 23.1. The third-order valence-corrected chi connectivity index (χ3v) is 2.57. The van der Waals surface area contributed by atoms with E-state index in [1.165, 1.54) is 6.92 Å². The number of alkyl halides is 3. The number of ether oxygens (including phenoxy) is 2. The molecule has 19 heavy (non-hydrogen) atoms. The van der Waals surface area contributed by atoms with Crippen molar-refractivity contribution in [2.24, 2.45) is 5.41 Å². The van der Waals surface area contributed by atoms with Gasteiger partial charge in [-0.05, 0) is 27.2 Å². The molecule has 0 aliphatic rings. The first-order valence-corrected chi connectivity index (χ1v) is 6.04. The summed E-state index contributed by atoms with van der Waals surface area (Å²) in [6, 6.07) is 0. The fourth-order valence-electron chi connectivity index (χ4n) is 1.52. The molecule has 0 radical (unpaired) electrons. The average molecular weight is 284 g/mol. The summed E-state index contributed by atoms with van der Waals surface area (Å²) < 4.78 is 46.2. The van der Waals surface area contributed by atoms with Gasteiger partial charge in [-0.1, -0.05) is 0 Å². The summed E-state index contributed by atoms with van der Waals surface area (Å²) in [6.07, 6.45) is -6.46. The maximum absolute atomic E-state index is 12.3. The van der Waals surface area contributed by atoms with Gasteiger partial charge in [-0.3, -0.25) is 9.59 Å². The normalized spacial score (nSPS) is 14.6. The van der Waals surface area contributed by atoms with E-state index in [1.54, 1.807) is 13.8 Å². The van der Waals surface area contributed by atoms with Gasteiger partial charge >= 0.3 is 18.1 Å². The van der Waals surface area contributed by atoms with Gasteiger partial charge in [0.15, 0.2) is 0 Å². The Kier molecular flexibility index (Phi) is 6.86. The Morgan fingerprint density at radius 2 is 1.53 bits per heavy atom. The lowest BCUT2D eigenvalue weighted by Crippen LogP contribution is -2.34. The van der Waals surface area contributed by atoms with Crippen LogP contribution in [0.25, 0.3) is 0 Å². The molecule has 0 spiro atoms. The maximum atomic E-state index is 12.3. The van der Waals surface area contributed by atoms with E-state index in [4.69, 9.17) is 4.74 Å². The Hall–Kier alpha value is -1.27. The van der Waals surface area contributed by atoms with Crippen LogP contribution in [0.15, 0.2) is 0 Å². The number of hydrogen-bond donors (Lipinski definition) is 0. The Labute approximate surface area is 110 Å². The highest BCUT2D eigenvalue weighted by Crippen LogP contribution is 2.34. The minimum Gasteiger partial charge on any atom is -0.466 e. The van der Waals surface area contributed by atoms with Crippen molar-refractivity contribution in [1.82, 2.24) is 0 Å². The van der Waals surface area contributed by atoms with Crippen molar-refractivity contribution >= 4 is 11.9 Å². The van der Waals surface area contributed by atoms with Crippen molar-refractivity contribution in [2.75, 3.05) is 13.2 Å².